The number of nitrogens with zero attached hydrogens (tertiary/aromatic N) is 4. The van der Waals surface area contributed by atoms with Crippen LogP contribution in [-0.4, -0.2) is 37.0 Å². The lowest BCUT2D eigenvalue weighted by atomic mass is 10.1. The average Bonchev–Trinajstić information content (AvgIpc) is 3.09. The van der Waals surface area contributed by atoms with Crippen LogP contribution < -0.4 is 16.0 Å². The first-order valence-electron chi connectivity index (χ1n) is 9.59. The highest BCUT2D eigenvalue weighted by Gasteiger charge is 2.21. The van der Waals surface area contributed by atoms with Crippen molar-refractivity contribution in [3.8, 4) is 6.01 Å². The average molecular weight is 512 g/mol. The van der Waals surface area contributed by atoms with Crippen LogP contribution >= 0.6 is 22.6 Å². The molecule has 156 valence electrons. The second kappa shape index (κ2) is 9.57. The quantitative estimate of drug-likeness (QED) is 0.350. The first-order valence-corrected chi connectivity index (χ1v) is 11.1. The molecule has 29 heavy (non-hydrogen) atoms. The van der Waals surface area contributed by atoms with Gasteiger partial charge in [0.1, 0.15) is 0 Å². The summed E-state index contributed by atoms with van der Waals surface area (Å²) in [5.74, 6) is 0. The molecule has 9 heteroatoms. The molecule has 3 rings (SSSR count). The summed E-state index contributed by atoms with van der Waals surface area (Å²) in [6, 6.07) is 8.49. The van der Waals surface area contributed by atoms with Gasteiger partial charge in [0.05, 0.1) is 13.2 Å². The van der Waals surface area contributed by atoms with Crippen molar-refractivity contribution < 1.29 is 9.84 Å². The molecule has 0 aliphatic carbocycles. The number of aliphatic hydroxyl groups is 1. The first-order chi connectivity index (χ1) is 14.0. The van der Waals surface area contributed by atoms with E-state index in [1.807, 2.05) is 19.1 Å². The fourth-order valence-electron chi connectivity index (χ4n) is 3.14. The smallest absolute Gasteiger partial charge is 0.332 e. The molecule has 0 spiro atoms. The van der Waals surface area contributed by atoms with Crippen LogP contribution in [0.15, 0.2) is 33.9 Å². The normalized spacial score (nSPS) is 11.3. The number of ether oxygens (including phenoxy) is 1. The molecule has 0 bridgehead atoms. The Morgan fingerprint density at radius 2 is 1.83 bits per heavy atom. The zero-order chi connectivity index (χ0) is 21.0. The van der Waals surface area contributed by atoms with Gasteiger partial charge in [-0.05, 0) is 24.0 Å². The van der Waals surface area contributed by atoms with Gasteiger partial charge in [0, 0.05) is 24.6 Å². The molecule has 3 aromatic rings. The molecule has 0 atom stereocenters. The summed E-state index contributed by atoms with van der Waals surface area (Å²) < 4.78 is 11.0. The number of hydrogen-bond acceptors (Lipinski definition) is 5. The summed E-state index contributed by atoms with van der Waals surface area (Å²) in [5.41, 5.74) is 1.99. The molecule has 1 N–H and O–H groups in total. The molecule has 0 amide bonds. The van der Waals surface area contributed by atoms with Crippen LogP contribution in [0, 0.1) is 0 Å². The lowest BCUT2D eigenvalue weighted by Gasteiger charge is -2.11. The van der Waals surface area contributed by atoms with Gasteiger partial charge < -0.3 is 9.84 Å². The highest BCUT2D eigenvalue weighted by molar-refractivity contribution is 14.1. The second-order valence-electron chi connectivity index (χ2n) is 6.83. The molecular weight excluding hydrogens is 487 g/mol. The van der Waals surface area contributed by atoms with Crippen molar-refractivity contribution in [2.24, 2.45) is 7.05 Å². The third-order valence-corrected chi connectivity index (χ3v) is 5.57. The first kappa shape index (κ1) is 21.6. The van der Waals surface area contributed by atoms with Crippen molar-refractivity contribution in [3.05, 3.63) is 56.2 Å². The van der Waals surface area contributed by atoms with E-state index >= 15 is 0 Å². The van der Waals surface area contributed by atoms with Crippen molar-refractivity contribution in [1.82, 2.24) is 18.7 Å². The fourth-order valence-corrected chi connectivity index (χ4v) is 3.65. The van der Waals surface area contributed by atoms with Gasteiger partial charge in [-0.3, -0.25) is 18.5 Å². The molecule has 0 radical (unpaired) electrons. The number of imidazole rings is 1. The topological polar surface area (TPSA) is 91.3 Å². The summed E-state index contributed by atoms with van der Waals surface area (Å²) in [4.78, 5) is 30.2. The number of hydrogen-bond donors (Lipinski definition) is 1. The summed E-state index contributed by atoms with van der Waals surface area (Å²) in [6.07, 6.45) is 1.12. The largest absolute Gasteiger partial charge is 0.465 e. The molecule has 0 saturated carbocycles. The van der Waals surface area contributed by atoms with Crippen molar-refractivity contribution in [1.29, 1.82) is 0 Å². The Labute approximate surface area is 181 Å². The van der Waals surface area contributed by atoms with Gasteiger partial charge in [0.2, 0.25) is 0 Å². The minimum atomic E-state index is -0.450. The molecule has 0 aliphatic rings. The number of alkyl halides is 1. The van der Waals surface area contributed by atoms with E-state index in [0.717, 1.165) is 21.0 Å². The Kier molecular flexibility index (Phi) is 7.12. The number of rotatable bonds is 9. The Morgan fingerprint density at radius 3 is 2.45 bits per heavy atom. The van der Waals surface area contributed by atoms with Crippen molar-refractivity contribution in [2.75, 3.05) is 13.2 Å². The lowest BCUT2D eigenvalue weighted by Crippen LogP contribution is -2.39. The highest BCUT2D eigenvalue weighted by Crippen LogP contribution is 2.20. The summed E-state index contributed by atoms with van der Waals surface area (Å²) >= 11 is 2.32. The Bertz CT molecular complexity index is 1100. The minimum Gasteiger partial charge on any atom is -0.465 e. The lowest BCUT2D eigenvalue weighted by molar-refractivity contribution is 0.277. The monoisotopic (exact) mass is 512 g/mol. The summed E-state index contributed by atoms with van der Waals surface area (Å²) in [6.45, 7) is 2.92. The van der Waals surface area contributed by atoms with Gasteiger partial charge in [-0.1, -0.05) is 53.8 Å². The van der Waals surface area contributed by atoms with Gasteiger partial charge in [-0.2, -0.15) is 4.98 Å². The number of aromatic nitrogens is 4. The van der Waals surface area contributed by atoms with E-state index in [1.54, 1.807) is 11.6 Å². The van der Waals surface area contributed by atoms with Crippen LogP contribution in [0.25, 0.3) is 11.2 Å². The Balaban J connectivity index is 2.19. The van der Waals surface area contributed by atoms with E-state index < -0.39 is 11.2 Å². The van der Waals surface area contributed by atoms with Crippen LogP contribution in [0.1, 0.15) is 30.9 Å². The summed E-state index contributed by atoms with van der Waals surface area (Å²) in [5, 5.41) is 9.12. The van der Waals surface area contributed by atoms with E-state index in [-0.39, 0.29) is 13.2 Å². The van der Waals surface area contributed by atoms with Crippen molar-refractivity contribution in [3.63, 3.8) is 0 Å². The molecular formula is C20H25IN4O4. The molecule has 2 heterocycles. The maximum Gasteiger partial charge on any atom is 0.332 e. The van der Waals surface area contributed by atoms with Gasteiger partial charge in [0.15, 0.2) is 11.2 Å². The van der Waals surface area contributed by atoms with E-state index in [4.69, 9.17) is 9.84 Å². The minimum absolute atomic E-state index is 0.0963. The van der Waals surface area contributed by atoms with Crippen LogP contribution in [0.3, 0.4) is 0 Å². The Hall–Kier alpha value is -2.14. The molecule has 8 nitrogen and oxygen atoms in total. The standard InChI is InChI=1S/C20H25IN4O4/c1-3-11-29-19-22-17-16(18(27)24(9-4-10-26)20(28)23(17)2)25(19)13-15-7-5-14(12-21)6-8-15/h5-8,26H,3-4,9-13H2,1-2H3. The Morgan fingerprint density at radius 1 is 1.14 bits per heavy atom. The van der Waals surface area contributed by atoms with Gasteiger partial charge in [-0.25, -0.2) is 4.79 Å². The van der Waals surface area contributed by atoms with Gasteiger partial charge >= 0.3 is 5.69 Å². The van der Waals surface area contributed by atoms with Crippen molar-refractivity contribution in [2.45, 2.75) is 37.3 Å². The third-order valence-electron chi connectivity index (χ3n) is 4.69. The maximum absolute atomic E-state index is 13.2. The maximum atomic E-state index is 13.2. The highest BCUT2D eigenvalue weighted by atomic mass is 127. The zero-order valence-electron chi connectivity index (χ0n) is 16.6. The predicted octanol–water partition coefficient (Wildman–Crippen LogP) is 2.05. The fraction of sp³-hybridized carbons (Fsp3) is 0.450. The molecule has 0 fully saturated rings. The number of fused-ring (bicyclic) bond motifs is 1. The molecule has 0 aliphatic heterocycles. The number of halogens is 1. The zero-order valence-corrected chi connectivity index (χ0v) is 18.8. The van der Waals surface area contributed by atoms with E-state index in [0.29, 0.717) is 36.7 Å². The molecule has 0 unspecified atom stereocenters. The van der Waals surface area contributed by atoms with Crippen LogP contribution in [0.4, 0.5) is 0 Å². The third kappa shape index (κ3) is 4.40. The number of aryl methyl sites for hydroxylation is 1. The second-order valence-corrected chi connectivity index (χ2v) is 7.59. The number of aliphatic hydroxyl groups excluding tert-OH is 1. The van der Waals surface area contributed by atoms with Crippen molar-refractivity contribution >= 4 is 33.8 Å². The predicted molar refractivity (Wildman–Crippen MR) is 120 cm³/mol. The molecule has 1 aromatic carbocycles. The van der Waals surface area contributed by atoms with E-state index in [9.17, 15) is 9.59 Å². The van der Waals surface area contributed by atoms with Crippen LogP contribution in [-0.2, 0) is 24.6 Å². The SMILES string of the molecule is CCCOc1nc2c(c(=O)n(CCCO)c(=O)n2C)n1Cc1ccc(CI)cc1. The van der Waals surface area contributed by atoms with E-state index in [2.05, 4.69) is 39.7 Å². The molecule has 0 saturated heterocycles. The van der Waals surface area contributed by atoms with Crippen LogP contribution in [0.2, 0.25) is 0 Å². The van der Waals surface area contributed by atoms with Gasteiger partial charge in [-0.15, -0.1) is 0 Å². The van der Waals surface area contributed by atoms with E-state index in [1.165, 1.54) is 10.1 Å². The molecule has 2 aromatic heterocycles. The summed E-state index contributed by atoms with van der Waals surface area (Å²) in [7, 11) is 1.59. The van der Waals surface area contributed by atoms with Gasteiger partial charge in [0.25, 0.3) is 11.6 Å². The van der Waals surface area contributed by atoms with Crippen LogP contribution in [0.5, 0.6) is 6.01 Å². The number of benzene rings is 1.